The van der Waals surface area contributed by atoms with Gasteiger partial charge in [0.05, 0.1) is 109 Å². The van der Waals surface area contributed by atoms with E-state index in [-0.39, 0.29) is 107 Å². The Morgan fingerprint density at radius 1 is 0.300 bits per heavy atom. The molecule has 0 aliphatic heterocycles. The minimum absolute atomic E-state index is 0. The van der Waals surface area contributed by atoms with Gasteiger partial charge >= 0.3 is 39.0 Å². The maximum absolute atomic E-state index is 10.7. The Kier molecular flexibility index (Phi) is 38.0. The Labute approximate surface area is 437 Å². The van der Waals surface area contributed by atoms with Gasteiger partial charge in [0.1, 0.15) is 0 Å². The van der Waals surface area contributed by atoms with Crippen LogP contribution in [0.1, 0.15) is 41.4 Å². The molecule has 0 aromatic heterocycles. The molecule has 0 atom stereocenters. The average molecular weight is 1130 g/mol. The molecular weight excluding hydrogens is 1080 g/mol. The zero-order valence-electron chi connectivity index (χ0n) is 41.8. The van der Waals surface area contributed by atoms with Gasteiger partial charge < -0.3 is 96.4 Å². The van der Waals surface area contributed by atoms with E-state index in [2.05, 4.69) is 0 Å². The van der Waals surface area contributed by atoms with E-state index in [0.29, 0.717) is 23.0 Å². The van der Waals surface area contributed by atoms with Crippen molar-refractivity contribution in [2.75, 3.05) is 110 Å². The fourth-order valence-electron chi connectivity index (χ4n) is 4.80. The van der Waals surface area contributed by atoms with Crippen LogP contribution in [0, 0.1) is 0 Å². The molecule has 22 nitrogen and oxygen atoms in total. The second-order valence-electron chi connectivity index (χ2n) is 12.3. The number of carbonyl (C=O) groups excluding carboxylic acids is 4. The van der Waals surface area contributed by atoms with Gasteiger partial charge in [0.25, 0.3) is 0 Å². The Balaban J connectivity index is -0.000000390. The molecule has 0 fully saturated rings. The number of hydrogen-bond donors (Lipinski definition) is 0. The molecule has 0 amide bonds. The molecule has 0 saturated heterocycles. The zero-order valence-corrected chi connectivity index (χ0v) is 49.4. The minimum Gasteiger partial charge on any atom is -0.545 e. The van der Waals surface area contributed by atoms with Crippen LogP contribution >= 0.6 is 0 Å². The molecule has 0 unspecified atom stereocenters. The van der Waals surface area contributed by atoms with Gasteiger partial charge in [-0.1, -0.05) is 0 Å². The van der Waals surface area contributed by atoms with Gasteiger partial charge in [-0.15, -0.1) is 0 Å². The Morgan fingerprint density at radius 2 is 0.400 bits per heavy atom. The number of carbonyl (C=O) groups is 4. The molecule has 0 aliphatic rings. The standard InChI is InChI=1S/4C10H12O5.2C2H6OS.2Zn/c4*1-13-7-4-6(10(11)12)5-8(14-2)9(7)15-3;2*1-4(2)3;;/h4*4-5H,1-3H3,(H,11,12);2*1-2H3;;/q;;;;;;2*+2/p-4. The van der Waals surface area contributed by atoms with Gasteiger partial charge in [-0.25, -0.2) is 0 Å². The van der Waals surface area contributed by atoms with E-state index in [1.165, 1.54) is 134 Å². The molecule has 4 rings (SSSR count). The second kappa shape index (κ2) is 37.8. The molecule has 0 aliphatic carbocycles. The predicted octanol–water partition coefficient (Wildman–Crippen LogP) is 0.288. The van der Waals surface area contributed by atoms with Crippen LogP contribution in [0.4, 0.5) is 0 Å². The summed E-state index contributed by atoms with van der Waals surface area (Å²) in [5, 5.41) is 42.7. The van der Waals surface area contributed by atoms with Crippen LogP contribution in [-0.4, -0.2) is 143 Å². The van der Waals surface area contributed by atoms with Gasteiger partial charge in [0.2, 0.25) is 23.0 Å². The average Bonchev–Trinajstić information content (AvgIpc) is 3.31. The van der Waals surface area contributed by atoms with Crippen molar-refractivity contribution in [3.8, 4) is 69.0 Å². The number of carboxylic acid groups (broad SMARTS) is 4. The molecule has 4 aromatic rings. The van der Waals surface area contributed by atoms with Crippen LogP contribution in [0.15, 0.2) is 48.5 Å². The monoisotopic (exact) mass is 1130 g/mol. The SMILES string of the molecule is COc1cc(C(=O)[O-])cc(OC)c1OC.COc1cc(C(=O)[O-])cc(OC)c1OC.COc1cc(C(=O)[O-])cc(OC)c1OC.COc1cc(C(=O)[O-])cc(OC)c1OC.CS(C)=O.CS(C)=O.[Zn+2].[Zn+2]. The van der Waals surface area contributed by atoms with Crippen LogP contribution in [0.2, 0.25) is 0 Å². The van der Waals surface area contributed by atoms with Crippen molar-refractivity contribution in [1.82, 2.24) is 0 Å². The Bertz CT molecular complexity index is 1890. The van der Waals surface area contributed by atoms with Gasteiger partial charge in [-0.3, -0.25) is 8.42 Å². The van der Waals surface area contributed by atoms with Crippen LogP contribution in [0.3, 0.4) is 0 Å². The molecule has 70 heavy (non-hydrogen) atoms. The summed E-state index contributed by atoms with van der Waals surface area (Å²) < 4.78 is 79.0. The summed E-state index contributed by atoms with van der Waals surface area (Å²) in [6.45, 7) is 0. The van der Waals surface area contributed by atoms with Gasteiger partial charge in [-0.2, -0.15) is 0 Å². The van der Waals surface area contributed by atoms with Crippen LogP contribution in [0.5, 0.6) is 69.0 Å². The zero-order chi connectivity index (χ0) is 52.8. The molecule has 0 spiro atoms. The fourth-order valence-corrected chi connectivity index (χ4v) is 4.80. The van der Waals surface area contributed by atoms with Crippen molar-refractivity contribution in [1.29, 1.82) is 0 Å². The predicted molar refractivity (Wildman–Crippen MR) is 242 cm³/mol. The molecule has 0 heterocycles. The van der Waals surface area contributed by atoms with Gasteiger partial charge in [-0.05, 0) is 48.5 Å². The van der Waals surface area contributed by atoms with E-state index in [1.807, 2.05) is 0 Å². The Morgan fingerprint density at radius 3 is 0.457 bits per heavy atom. The third-order valence-corrected chi connectivity index (χ3v) is 7.60. The number of carboxylic acids is 4. The summed E-state index contributed by atoms with van der Waals surface area (Å²) in [5.41, 5.74) is -0.0944. The molecule has 0 radical (unpaired) electrons. The first-order valence-electron chi connectivity index (χ1n) is 18.6. The van der Waals surface area contributed by atoms with Crippen molar-refractivity contribution in [2.45, 2.75) is 0 Å². The van der Waals surface area contributed by atoms with E-state index >= 15 is 0 Å². The number of benzene rings is 4. The summed E-state index contributed by atoms with van der Waals surface area (Å²) in [4.78, 5) is 42.7. The number of aromatic carboxylic acids is 4. The van der Waals surface area contributed by atoms with Crippen LogP contribution < -0.4 is 77.3 Å². The van der Waals surface area contributed by atoms with Crippen molar-refractivity contribution in [2.24, 2.45) is 0 Å². The summed E-state index contributed by atoms with van der Waals surface area (Å²) >= 11 is 0. The second-order valence-corrected chi connectivity index (χ2v) is 15.3. The van der Waals surface area contributed by atoms with E-state index in [9.17, 15) is 48.0 Å². The van der Waals surface area contributed by atoms with E-state index in [0.717, 1.165) is 0 Å². The number of methoxy groups -OCH3 is 12. The first-order chi connectivity index (χ1) is 32.0. The normalized spacial score (nSPS) is 9.17. The van der Waals surface area contributed by atoms with Crippen molar-refractivity contribution >= 4 is 45.5 Å². The van der Waals surface area contributed by atoms with E-state index in [1.54, 1.807) is 25.0 Å². The van der Waals surface area contributed by atoms with E-state index in [4.69, 9.17) is 56.8 Å². The fraction of sp³-hybridized carbons (Fsp3) is 0.364. The smallest absolute Gasteiger partial charge is 0.545 e. The van der Waals surface area contributed by atoms with Crippen molar-refractivity contribution in [3.63, 3.8) is 0 Å². The maximum atomic E-state index is 10.7. The van der Waals surface area contributed by atoms with Crippen molar-refractivity contribution < 1.29 is 144 Å². The minimum atomic E-state index is -1.30. The Hall–Kier alpha value is -6.09. The quantitative estimate of drug-likeness (QED) is 0.136. The van der Waals surface area contributed by atoms with Crippen molar-refractivity contribution in [3.05, 3.63) is 70.8 Å². The molecule has 0 saturated carbocycles. The topological polar surface area (TPSA) is 305 Å². The number of ether oxygens (including phenoxy) is 12. The molecule has 0 bridgehead atoms. The third kappa shape index (κ3) is 24.0. The maximum Gasteiger partial charge on any atom is 2.00 e. The molecule has 4 aromatic carbocycles. The summed E-state index contributed by atoms with van der Waals surface area (Å²) in [7, 11) is 15.9. The molecule has 380 valence electrons. The third-order valence-electron chi connectivity index (χ3n) is 7.60. The number of rotatable bonds is 16. The first kappa shape index (κ1) is 70.5. The largest absolute Gasteiger partial charge is 2.00 e. The summed E-state index contributed by atoms with van der Waals surface area (Å²) in [5.74, 6) is -1.48. The van der Waals surface area contributed by atoms with Crippen LogP contribution in [0.25, 0.3) is 0 Å². The first-order valence-corrected chi connectivity index (χ1v) is 22.5. The summed E-state index contributed by atoms with van der Waals surface area (Å²) in [6, 6.07) is 10.5. The molecular formula is C44H56O22S2Zn2. The van der Waals surface area contributed by atoms with Gasteiger partial charge in [0.15, 0.2) is 46.0 Å². The summed E-state index contributed by atoms with van der Waals surface area (Å²) in [6.07, 6.45) is 6.56. The molecule has 0 N–H and O–H groups in total. The molecule has 26 heteroatoms. The van der Waals surface area contributed by atoms with E-state index < -0.39 is 45.5 Å². The number of hydrogen-bond acceptors (Lipinski definition) is 22. The van der Waals surface area contributed by atoms with Gasteiger partial charge in [0, 0.05) is 68.9 Å². The van der Waals surface area contributed by atoms with Crippen LogP contribution in [-0.2, 0) is 60.6 Å².